The van der Waals surface area contributed by atoms with Gasteiger partial charge in [-0.3, -0.25) is 0 Å². The van der Waals surface area contributed by atoms with E-state index >= 15 is 0 Å². The molecule has 0 N–H and O–H groups in total. The lowest BCUT2D eigenvalue weighted by Crippen LogP contribution is -2.43. The summed E-state index contributed by atoms with van der Waals surface area (Å²) in [5.74, 6) is 2.51. The fourth-order valence-corrected chi connectivity index (χ4v) is 0.422. The number of quaternary nitrogens is 1. The van der Waals surface area contributed by atoms with E-state index in [1.807, 2.05) is 14.1 Å². The molecule has 50 valence electrons. The van der Waals surface area contributed by atoms with Crippen molar-refractivity contribution in [1.29, 1.82) is 0 Å². The first-order valence-corrected chi connectivity index (χ1v) is 3.30. The Balaban J connectivity index is 4.06. The van der Waals surface area contributed by atoms with Crippen LogP contribution < -0.4 is 0 Å². The van der Waals surface area contributed by atoms with Crippen LogP contribution in [0.4, 0.5) is 0 Å². The van der Waals surface area contributed by atoms with E-state index in [9.17, 15) is 0 Å². The van der Waals surface area contributed by atoms with Crippen molar-refractivity contribution in [2.45, 2.75) is 0 Å². The van der Waals surface area contributed by atoms with Crippen LogP contribution >= 0.6 is 12.2 Å². The molecule has 0 saturated carbocycles. The molecule has 9 heavy (non-hydrogen) atoms. The van der Waals surface area contributed by atoms with Crippen molar-refractivity contribution in [2.75, 3.05) is 20.6 Å². The zero-order valence-electron chi connectivity index (χ0n) is 5.55. The Labute approximate surface area is 67.0 Å². The number of thiocarbonyl (C=S) groups is 1. The van der Waals surface area contributed by atoms with Gasteiger partial charge in [-0.2, -0.15) is 0 Å². The maximum atomic E-state index is 5.08. The summed E-state index contributed by atoms with van der Waals surface area (Å²) in [6.07, 6.45) is 5.08. The molecule has 0 radical (unpaired) electrons. The van der Waals surface area contributed by atoms with Gasteiger partial charge in [0, 0.05) is 4.32 Å². The van der Waals surface area contributed by atoms with Crippen LogP contribution in [-0.2, 0) is 12.6 Å². The van der Waals surface area contributed by atoms with E-state index in [0.717, 1.165) is 0 Å². The van der Waals surface area contributed by atoms with Crippen molar-refractivity contribution in [2.24, 2.45) is 0 Å². The molecule has 0 aromatic rings. The Bertz CT molecular complexity index is 155. The van der Waals surface area contributed by atoms with Gasteiger partial charge in [0.25, 0.3) is 0 Å². The van der Waals surface area contributed by atoms with Crippen molar-refractivity contribution < 1.29 is 4.48 Å². The lowest BCUT2D eigenvalue weighted by molar-refractivity contribution is -0.784. The predicted octanol–water partition coefficient (Wildman–Crippen LogP) is 0.528. The summed E-state index contributed by atoms with van der Waals surface area (Å²) in [4.78, 5) is 0. The van der Waals surface area contributed by atoms with Gasteiger partial charge in [-0.1, -0.05) is 0 Å². The molecule has 0 spiro atoms. The number of rotatable bonds is 1. The molecule has 0 heterocycles. The van der Waals surface area contributed by atoms with E-state index < -0.39 is 0 Å². The van der Waals surface area contributed by atoms with Crippen LogP contribution in [0.25, 0.3) is 0 Å². The van der Waals surface area contributed by atoms with Gasteiger partial charge in [0.15, 0.2) is 0 Å². The summed E-state index contributed by atoms with van der Waals surface area (Å²) in [6, 6.07) is 0. The molecule has 0 aromatic heterocycles. The zero-order valence-corrected chi connectivity index (χ0v) is 7.18. The Kier molecular flexibility index (Phi) is 3.06. The fourth-order valence-electron chi connectivity index (χ4n) is 0.293. The highest BCUT2D eigenvalue weighted by Gasteiger charge is 2.09. The van der Waals surface area contributed by atoms with Crippen LogP contribution in [0.3, 0.4) is 0 Å². The van der Waals surface area contributed by atoms with Gasteiger partial charge >= 0.3 is 0 Å². The summed E-state index contributed by atoms with van der Waals surface area (Å²) >= 11 is 9.58. The first-order valence-electron chi connectivity index (χ1n) is 2.48. The molecule has 0 aliphatic rings. The molecular weight excluding hydrogens is 150 g/mol. The molecule has 0 amide bonds. The van der Waals surface area contributed by atoms with E-state index in [2.05, 4.69) is 5.92 Å². The Hall–Kier alpha value is -0.170. The van der Waals surface area contributed by atoms with Gasteiger partial charge in [0.05, 0.1) is 14.1 Å². The van der Waals surface area contributed by atoms with Gasteiger partial charge in [-0.05, 0) is 5.92 Å². The van der Waals surface area contributed by atoms with E-state index in [4.69, 9.17) is 31.3 Å². The average Bonchev–Trinajstić information content (AvgIpc) is 1.65. The van der Waals surface area contributed by atoms with Gasteiger partial charge in [-0.25, -0.2) is 0 Å². The number of hydrogen-bond donors (Lipinski definition) is 0. The van der Waals surface area contributed by atoms with Gasteiger partial charge < -0.3 is 29.3 Å². The minimum atomic E-state index is 0.459. The standard InChI is InChI=1S/C6H9NS2/c1-4-5-7(2,3)6(8)9/h1H,5H2,2-3H3. The second kappa shape index (κ2) is 3.11. The normalized spacial score (nSPS) is 10.3. The molecule has 0 unspecified atom stereocenters. The second-order valence-corrected chi connectivity index (χ2v) is 3.34. The lowest BCUT2D eigenvalue weighted by Gasteiger charge is -2.30. The maximum absolute atomic E-state index is 5.08. The lowest BCUT2D eigenvalue weighted by atomic mass is 10.5. The molecule has 0 aromatic carbocycles. The molecular formula is C6H9NS2. The fraction of sp³-hybridized carbons (Fsp3) is 0.500. The van der Waals surface area contributed by atoms with Crippen molar-refractivity contribution in [3.63, 3.8) is 0 Å². The summed E-state index contributed by atoms with van der Waals surface area (Å²) in [7, 11) is 3.80. The first kappa shape index (κ1) is 8.83. The van der Waals surface area contributed by atoms with Gasteiger partial charge in [0.1, 0.15) is 6.54 Å². The third kappa shape index (κ3) is 2.75. The van der Waals surface area contributed by atoms with E-state index in [-0.39, 0.29) is 0 Å². The van der Waals surface area contributed by atoms with E-state index in [1.54, 1.807) is 0 Å². The molecule has 0 bridgehead atoms. The van der Waals surface area contributed by atoms with Crippen molar-refractivity contribution in [1.82, 2.24) is 0 Å². The molecule has 0 aliphatic heterocycles. The third-order valence-corrected chi connectivity index (χ3v) is 1.97. The minimum absolute atomic E-state index is 0.459. The quantitative estimate of drug-likeness (QED) is 0.237. The Morgan fingerprint density at radius 3 is 2.33 bits per heavy atom. The van der Waals surface area contributed by atoms with Crippen LogP contribution in [0, 0.1) is 12.3 Å². The topological polar surface area (TPSA) is 0 Å². The number of hydrogen-bond acceptors (Lipinski definition) is 2. The van der Waals surface area contributed by atoms with Crippen molar-refractivity contribution >= 4 is 29.2 Å². The smallest absolute Gasteiger partial charge is 0.143 e. The van der Waals surface area contributed by atoms with Crippen LogP contribution in [-0.4, -0.2) is 29.4 Å². The molecule has 0 aliphatic carbocycles. The summed E-state index contributed by atoms with van der Waals surface area (Å²) < 4.78 is 0.967. The molecule has 0 saturated heterocycles. The van der Waals surface area contributed by atoms with Crippen molar-refractivity contribution in [3.8, 4) is 12.3 Å². The largest absolute Gasteiger partial charge is 0.370 e. The van der Waals surface area contributed by atoms with Crippen LogP contribution in [0.2, 0.25) is 0 Å². The summed E-state index contributed by atoms with van der Waals surface area (Å²) in [5, 5.41) is 0. The monoisotopic (exact) mass is 159 g/mol. The van der Waals surface area contributed by atoms with Crippen LogP contribution in [0.5, 0.6) is 0 Å². The van der Waals surface area contributed by atoms with E-state index in [1.165, 1.54) is 0 Å². The van der Waals surface area contributed by atoms with Crippen molar-refractivity contribution in [3.05, 3.63) is 0 Å². The van der Waals surface area contributed by atoms with Gasteiger partial charge in [-0.15, -0.1) is 6.42 Å². The highest BCUT2D eigenvalue weighted by molar-refractivity contribution is 7.99. The van der Waals surface area contributed by atoms with Crippen LogP contribution in [0.1, 0.15) is 0 Å². The summed E-state index contributed by atoms with van der Waals surface area (Å²) in [5.41, 5.74) is 0. The molecule has 0 fully saturated rings. The average molecular weight is 159 g/mol. The number of nitrogens with zero attached hydrogens (tertiary/aromatic N) is 1. The molecule has 0 atom stereocenters. The predicted molar refractivity (Wildman–Crippen MR) is 45.8 cm³/mol. The SMILES string of the molecule is C#CC[N+](C)(C)C(=S)[S-]. The number of terminal acetylenes is 1. The highest BCUT2D eigenvalue weighted by atomic mass is 32.1. The van der Waals surface area contributed by atoms with E-state index in [0.29, 0.717) is 15.3 Å². The first-order chi connectivity index (χ1) is 4.00. The maximum Gasteiger partial charge on any atom is 0.143 e. The highest BCUT2D eigenvalue weighted by Crippen LogP contribution is 1.96. The van der Waals surface area contributed by atoms with Crippen LogP contribution in [0.15, 0.2) is 0 Å². The second-order valence-electron chi connectivity index (χ2n) is 2.31. The molecule has 1 nitrogen and oxygen atoms in total. The molecule has 0 rings (SSSR count). The Morgan fingerprint density at radius 2 is 2.22 bits per heavy atom. The minimum Gasteiger partial charge on any atom is -0.370 e. The third-order valence-electron chi connectivity index (χ3n) is 0.981. The summed E-state index contributed by atoms with van der Waals surface area (Å²) in [6.45, 7) is 0.572. The zero-order chi connectivity index (χ0) is 7.49. The van der Waals surface area contributed by atoms with Gasteiger partial charge in [0.2, 0.25) is 0 Å². The Morgan fingerprint density at radius 1 is 1.78 bits per heavy atom. The molecule has 3 heteroatoms.